The Bertz CT molecular complexity index is 396. The van der Waals surface area contributed by atoms with Crippen LogP contribution in [0.15, 0.2) is 36.5 Å². The van der Waals surface area contributed by atoms with Crippen molar-refractivity contribution in [3.05, 3.63) is 42.2 Å². The molecule has 0 radical (unpaired) electrons. The second kappa shape index (κ2) is 2.91. The molecule has 12 heavy (non-hydrogen) atoms. The molecule has 60 valence electrons. The summed E-state index contributed by atoms with van der Waals surface area (Å²) in [6.07, 6.45) is 1.86. The Labute approximate surface area is 71.0 Å². The summed E-state index contributed by atoms with van der Waals surface area (Å²) < 4.78 is 0. The molecule has 0 unspecified atom stereocenters. The molecular formula is C10H10N2. The molecule has 1 aromatic heterocycles. The van der Waals surface area contributed by atoms with Gasteiger partial charge in [-0.25, -0.2) is 0 Å². The van der Waals surface area contributed by atoms with E-state index in [-0.39, 0.29) is 0 Å². The number of hydrogen-bond acceptors (Lipinski definition) is 2. The summed E-state index contributed by atoms with van der Waals surface area (Å²) in [5, 5.41) is 2.36. The van der Waals surface area contributed by atoms with Crippen LogP contribution in [0, 0.1) is 0 Å². The molecule has 0 amide bonds. The third kappa shape index (κ3) is 1.17. The number of nitrogens with two attached hydrogens (primary N) is 1. The number of benzene rings is 1. The minimum Gasteiger partial charge on any atom is -0.325 e. The molecule has 0 atom stereocenters. The first-order valence-corrected chi connectivity index (χ1v) is 3.94. The van der Waals surface area contributed by atoms with Gasteiger partial charge in [0, 0.05) is 18.1 Å². The fourth-order valence-electron chi connectivity index (χ4n) is 1.24. The molecule has 0 fully saturated rings. The Balaban J connectivity index is 2.67. The molecule has 0 aliphatic rings. The molecule has 0 bridgehead atoms. The second-order valence-corrected chi connectivity index (χ2v) is 2.73. The van der Waals surface area contributed by atoms with Gasteiger partial charge in [-0.2, -0.15) is 0 Å². The molecule has 0 saturated heterocycles. The van der Waals surface area contributed by atoms with Crippen LogP contribution in [0.25, 0.3) is 10.8 Å². The van der Waals surface area contributed by atoms with E-state index in [1.807, 2.05) is 30.5 Å². The fourth-order valence-corrected chi connectivity index (χ4v) is 1.24. The zero-order chi connectivity index (χ0) is 8.39. The van der Waals surface area contributed by atoms with Crippen LogP contribution >= 0.6 is 0 Å². The van der Waals surface area contributed by atoms with Gasteiger partial charge in [0.25, 0.3) is 0 Å². The summed E-state index contributed by atoms with van der Waals surface area (Å²) >= 11 is 0. The molecule has 0 aliphatic heterocycles. The summed E-state index contributed by atoms with van der Waals surface area (Å²) in [6.45, 7) is 0.505. The van der Waals surface area contributed by atoms with Crippen molar-refractivity contribution in [2.45, 2.75) is 6.54 Å². The number of nitrogens with zero attached hydrogens (tertiary/aromatic N) is 1. The van der Waals surface area contributed by atoms with Gasteiger partial charge in [0.1, 0.15) is 0 Å². The highest BCUT2D eigenvalue weighted by atomic mass is 14.7. The first-order chi connectivity index (χ1) is 5.90. The highest BCUT2D eigenvalue weighted by Crippen LogP contribution is 2.12. The number of aromatic nitrogens is 1. The molecule has 2 rings (SSSR count). The van der Waals surface area contributed by atoms with Crippen LogP contribution in [0.5, 0.6) is 0 Å². The first-order valence-electron chi connectivity index (χ1n) is 3.94. The largest absolute Gasteiger partial charge is 0.325 e. The smallest absolute Gasteiger partial charge is 0.0545 e. The van der Waals surface area contributed by atoms with E-state index >= 15 is 0 Å². The van der Waals surface area contributed by atoms with E-state index in [2.05, 4.69) is 11.1 Å². The van der Waals surface area contributed by atoms with Gasteiger partial charge in [-0.1, -0.05) is 24.3 Å². The fraction of sp³-hybridized carbons (Fsp3) is 0.100. The van der Waals surface area contributed by atoms with E-state index in [0.717, 1.165) is 11.1 Å². The van der Waals surface area contributed by atoms with Gasteiger partial charge < -0.3 is 5.73 Å². The van der Waals surface area contributed by atoms with Crippen molar-refractivity contribution in [1.29, 1.82) is 0 Å². The van der Waals surface area contributed by atoms with Crippen molar-refractivity contribution in [3.63, 3.8) is 0 Å². The Hall–Kier alpha value is -1.41. The first kappa shape index (κ1) is 7.25. The molecule has 2 N–H and O–H groups in total. The standard InChI is InChI=1S/C10H10N2/c11-6-10-5-8-3-1-2-4-9(8)7-12-10/h1-5,7H,6,11H2. The Kier molecular flexibility index (Phi) is 1.76. The molecule has 2 aromatic rings. The lowest BCUT2D eigenvalue weighted by molar-refractivity contribution is 0.998. The minimum atomic E-state index is 0.505. The summed E-state index contributed by atoms with van der Waals surface area (Å²) in [4.78, 5) is 4.20. The van der Waals surface area contributed by atoms with E-state index < -0.39 is 0 Å². The maximum atomic E-state index is 5.48. The van der Waals surface area contributed by atoms with Crippen LogP contribution in [0.4, 0.5) is 0 Å². The van der Waals surface area contributed by atoms with Crippen molar-refractivity contribution in [3.8, 4) is 0 Å². The maximum Gasteiger partial charge on any atom is 0.0545 e. The van der Waals surface area contributed by atoms with Gasteiger partial charge >= 0.3 is 0 Å². The molecule has 0 spiro atoms. The van der Waals surface area contributed by atoms with Crippen molar-refractivity contribution in [2.75, 3.05) is 0 Å². The van der Waals surface area contributed by atoms with Crippen molar-refractivity contribution in [2.24, 2.45) is 5.73 Å². The van der Waals surface area contributed by atoms with E-state index in [4.69, 9.17) is 5.73 Å². The van der Waals surface area contributed by atoms with Crippen LogP contribution in [0.1, 0.15) is 5.69 Å². The summed E-state index contributed by atoms with van der Waals surface area (Å²) in [5.41, 5.74) is 6.42. The monoisotopic (exact) mass is 158 g/mol. The predicted octanol–water partition coefficient (Wildman–Crippen LogP) is 1.69. The zero-order valence-corrected chi connectivity index (χ0v) is 6.70. The third-order valence-electron chi connectivity index (χ3n) is 1.90. The molecule has 1 heterocycles. The molecular weight excluding hydrogens is 148 g/mol. The lowest BCUT2D eigenvalue weighted by atomic mass is 10.1. The molecule has 0 saturated carbocycles. The van der Waals surface area contributed by atoms with E-state index in [9.17, 15) is 0 Å². The van der Waals surface area contributed by atoms with Crippen LogP contribution < -0.4 is 5.73 Å². The number of hydrogen-bond donors (Lipinski definition) is 1. The Morgan fingerprint density at radius 2 is 1.92 bits per heavy atom. The summed E-state index contributed by atoms with van der Waals surface area (Å²) in [5.74, 6) is 0. The van der Waals surface area contributed by atoms with Gasteiger partial charge in [-0.15, -0.1) is 0 Å². The van der Waals surface area contributed by atoms with Crippen LogP contribution in [-0.2, 0) is 6.54 Å². The second-order valence-electron chi connectivity index (χ2n) is 2.73. The van der Waals surface area contributed by atoms with Crippen LogP contribution in [-0.4, -0.2) is 4.98 Å². The number of fused-ring (bicyclic) bond motifs is 1. The van der Waals surface area contributed by atoms with Gasteiger partial charge in [0.05, 0.1) is 5.69 Å². The zero-order valence-electron chi connectivity index (χ0n) is 6.70. The minimum absolute atomic E-state index is 0.505. The average molecular weight is 158 g/mol. The molecule has 2 heteroatoms. The number of pyridine rings is 1. The highest BCUT2D eigenvalue weighted by molar-refractivity contribution is 5.81. The van der Waals surface area contributed by atoms with Crippen LogP contribution in [0.3, 0.4) is 0 Å². The van der Waals surface area contributed by atoms with E-state index in [1.54, 1.807) is 0 Å². The Morgan fingerprint density at radius 3 is 2.67 bits per heavy atom. The van der Waals surface area contributed by atoms with Gasteiger partial charge in [-0.05, 0) is 11.5 Å². The van der Waals surface area contributed by atoms with E-state index in [0.29, 0.717) is 6.54 Å². The van der Waals surface area contributed by atoms with E-state index in [1.165, 1.54) is 5.39 Å². The quantitative estimate of drug-likeness (QED) is 0.686. The topological polar surface area (TPSA) is 38.9 Å². The maximum absolute atomic E-state index is 5.48. The highest BCUT2D eigenvalue weighted by Gasteiger charge is 1.93. The molecule has 0 aliphatic carbocycles. The predicted molar refractivity (Wildman–Crippen MR) is 49.6 cm³/mol. The Morgan fingerprint density at radius 1 is 1.17 bits per heavy atom. The molecule has 1 aromatic carbocycles. The lowest BCUT2D eigenvalue weighted by Crippen LogP contribution is -1.98. The summed E-state index contributed by atoms with van der Waals surface area (Å²) in [7, 11) is 0. The summed E-state index contributed by atoms with van der Waals surface area (Å²) in [6, 6.07) is 10.2. The van der Waals surface area contributed by atoms with Crippen LogP contribution in [0.2, 0.25) is 0 Å². The third-order valence-corrected chi connectivity index (χ3v) is 1.90. The van der Waals surface area contributed by atoms with Gasteiger partial charge in [0.2, 0.25) is 0 Å². The van der Waals surface area contributed by atoms with Gasteiger partial charge in [0.15, 0.2) is 0 Å². The SMILES string of the molecule is NCc1cc2ccccc2cn1. The average Bonchev–Trinajstić information content (AvgIpc) is 2.17. The number of rotatable bonds is 1. The molecule has 2 nitrogen and oxygen atoms in total. The van der Waals surface area contributed by atoms with Gasteiger partial charge in [-0.3, -0.25) is 4.98 Å². The van der Waals surface area contributed by atoms with Crippen molar-refractivity contribution >= 4 is 10.8 Å². The normalized spacial score (nSPS) is 10.4. The lowest BCUT2D eigenvalue weighted by Gasteiger charge is -1.98. The van der Waals surface area contributed by atoms with Crippen molar-refractivity contribution < 1.29 is 0 Å². The van der Waals surface area contributed by atoms with Crippen molar-refractivity contribution in [1.82, 2.24) is 4.98 Å².